The molecule has 6 nitrogen and oxygen atoms in total. The van der Waals surface area contributed by atoms with Gasteiger partial charge in [0, 0.05) is 21.8 Å². The van der Waals surface area contributed by atoms with Gasteiger partial charge in [-0.2, -0.15) is 0 Å². The fourth-order valence-electron chi connectivity index (χ4n) is 3.56. The summed E-state index contributed by atoms with van der Waals surface area (Å²) in [5.41, 5.74) is 1.02. The van der Waals surface area contributed by atoms with Crippen LogP contribution in [0.4, 0.5) is 5.69 Å². The Kier molecular flexibility index (Phi) is 6.36. The van der Waals surface area contributed by atoms with Crippen molar-refractivity contribution >= 4 is 33.4 Å². The molecule has 0 aromatic heterocycles. The van der Waals surface area contributed by atoms with E-state index in [0.717, 1.165) is 23.4 Å². The minimum Gasteiger partial charge on any atom is -0.495 e. The van der Waals surface area contributed by atoms with E-state index in [1.807, 2.05) is 24.3 Å². The van der Waals surface area contributed by atoms with E-state index in [4.69, 9.17) is 4.74 Å². The maximum absolute atomic E-state index is 12.9. The largest absolute Gasteiger partial charge is 0.495 e. The van der Waals surface area contributed by atoms with Gasteiger partial charge in [0.25, 0.3) is 5.91 Å². The second kappa shape index (κ2) is 8.99. The van der Waals surface area contributed by atoms with Crippen LogP contribution in [0, 0.1) is 0 Å². The molecule has 2 aliphatic carbocycles. The lowest BCUT2D eigenvalue weighted by Crippen LogP contribution is -2.26. The summed E-state index contributed by atoms with van der Waals surface area (Å²) in [7, 11) is -2.33. The monoisotopic (exact) mass is 446 g/mol. The highest BCUT2D eigenvalue weighted by atomic mass is 32.2. The third kappa shape index (κ3) is 4.99. The van der Waals surface area contributed by atoms with Crippen molar-refractivity contribution in [2.24, 2.45) is 0 Å². The maximum atomic E-state index is 12.9. The van der Waals surface area contributed by atoms with Crippen molar-refractivity contribution in [1.82, 2.24) is 4.72 Å². The maximum Gasteiger partial charge on any atom is 0.255 e. The highest BCUT2D eigenvalue weighted by Gasteiger charge is 2.30. The summed E-state index contributed by atoms with van der Waals surface area (Å²) in [6, 6.07) is 12.2. The molecule has 160 valence electrons. The molecule has 30 heavy (non-hydrogen) atoms. The van der Waals surface area contributed by atoms with Gasteiger partial charge in [-0.15, -0.1) is 11.8 Å². The van der Waals surface area contributed by atoms with Crippen molar-refractivity contribution in [1.29, 1.82) is 0 Å². The molecular weight excluding hydrogens is 420 g/mol. The number of amides is 1. The van der Waals surface area contributed by atoms with Gasteiger partial charge >= 0.3 is 0 Å². The van der Waals surface area contributed by atoms with Gasteiger partial charge < -0.3 is 10.1 Å². The van der Waals surface area contributed by atoms with Crippen LogP contribution in [0.15, 0.2) is 52.3 Å². The summed E-state index contributed by atoms with van der Waals surface area (Å²) >= 11 is 1.80. The molecule has 1 amide bonds. The molecule has 0 bridgehead atoms. The van der Waals surface area contributed by atoms with E-state index in [0.29, 0.717) is 5.25 Å². The third-order valence-corrected chi connectivity index (χ3v) is 8.30. The zero-order valence-electron chi connectivity index (χ0n) is 16.9. The smallest absolute Gasteiger partial charge is 0.255 e. The molecule has 2 N–H and O–H groups in total. The quantitative estimate of drug-likeness (QED) is 0.627. The topological polar surface area (TPSA) is 84.5 Å². The molecule has 0 heterocycles. The van der Waals surface area contributed by atoms with Gasteiger partial charge in [0.05, 0.1) is 12.8 Å². The van der Waals surface area contributed by atoms with Crippen LogP contribution in [0.1, 0.15) is 48.9 Å². The average Bonchev–Trinajstić information content (AvgIpc) is 3.39. The Hall–Kier alpha value is -2.03. The van der Waals surface area contributed by atoms with E-state index in [2.05, 4.69) is 10.0 Å². The number of thioether (sulfide) groups is 1. The predicted octanol–water partition coefficient (Wildman–Crippen LogP) is 4.42. The van der Waals surface area contributed by atoms with E-state index in [1.54, 1.807) is 17.8 Å². The molecule has 0 aliphatic heterocycles. The molecule has 2 fully saturated rings. The van der Waals surface area contributed by atoms with Gasteiger partial charge in [-0.25, -0.2) is 13.1 Å². The number of para-hydroxylation sites is 1. The van der Waals surface area contributed by atoms with Crippen LogP contribution in [0.5, 0.6) is 5.75 Å². The van der Waals surface area contributed by atoms with Crippen LogP contribution in [0.2, 0.25) is 0 Å². The lowest BCUT2D eigenvalue weighted by atomic mass is 10.2. The van der Waals surface area contributed by atoms with Crippen molar-refractivity contribution in [2.75, 3.05) is 12.4 Å². The molecule has 0 saturated heterocycles. The number of rotatable bonds is 8. The minimum absolute atomic E-state index is 0.0156. The average molecular weight is 447 g/mol. The second-order valence-corrected chi connectivity index (χ2v) is 10.8. The van der Waals surface area contributed by atoms with Gasteiger partial charge in [0.15, 0.2) is 0 Å². The summed E-state index contributed by atoms with van der Waals surface area (Å²) in [5.74, 6) is -0.128. The van der Waals surface area contributed by atoms with E-state index >= 15 is 0 Å². The molecular formula is C22H26N2O4S2. The van der Waals surface area contributed by atoms with Crippen LogP contribution in [0.25, 0.3) is 0 Å². The molecule has 0 radical (unpaired) electrons. The van der Waals surface area contributed by atoms with Gasteiger partial charge in [0.1, 0.15) is 10.6 Å². The lowest BCUT2D eigenvalue weighted by Gasteiger charge is -2.15. The second-order valence-electron chi connectivity index (χ2n) is 7.74. The summed E-state index contributed by atoms with van der Waals surface area (Å²) in [6.45, 7) is 0. The molecule has 8 heteroatoms. The van der Waals surface area contributed by atoms with Crippen LogP contribution in [-0.2, 0) is 10.0 Å². The van der Waals surface area contributed by atoms with Crippen molar-refractivity contribution in [3.8, 4) is 5.75 Å². The number of carbonyl (C=O) groups is 1. The Bertz CT molecular complexity index is 1030. The number of hydrogen-bond donors (Lipinski definition) is 2. The Morgan fingerprint density at radius 1 is 1.07 bits per heavy atom. The van der Waals surface area contributed by atoms with Crippen molar-refractivity contribution in [3.05, 3.63) is 48.0 Å². The molecule has 4 rings (SSSR count). The Balaban J connectivity index is 1.56. The van der Waals surface area contributed by atoms with E-state index < -0.39 is 10.0 Å². The lowest BCUT2D eigenvalue weighted by molar-refractivity contribution is 0.102. The summed E-state index contributed by atoms with van der Waals surface area (Å²) in [4.78, 5) is 14.0. The highest BCUT2D eigenvalue weighted by molar-refractivity contribution is 8.00. The number of nitrogens with one attached hydrogen (secondary N) is 2. The normalized spacial score (nSPS) is 17.1. The van der Waals surface area contributed by atoms with Gasteiger partial charge in [-0.1, -0.05) is 25.0 Å². The van der Waals surface area contributed by atoms with Crippen molar-refractivity contribution in [2.45, 2.75) is 59.6 Å². The van der Waals surface area contributed by atoms with Crippen molar-refractivity contribution in [3.63, 3.8) is 0 Å². The van der Waals surface area contributed by atoms with Crippen LogP contribution >= 0.6 is 11.8 Å². The zero-order valence-corrected chi connectivity index (χ0v) is 18.5. The first-order valence-corrected chi connectivity index (χ1v) is 12.6. The molecule has 2 aliphatic rings. The van der Waals surface area contributed by atoms with Gasteiger partial charge in [0.2, 0.25) is 10.0 Å². The fraction of sp³-hybridized carbons (Fsp3) is 0.409. The third-order valence-electron chi connectivity index (χ3n) is 5.35. The number of hydrogen-bond acceptors (Lipinski definition) is 5. The Morgan fingerprint density at radius 2 is 1.80 bits per heavy atom. The number of carbonyl (C=O) groups excluding carboxylic acids is 1. The Morgan fingerprint density at radius 3 is 2.50 bits per heavy atom. The van der Waals surface area contributed by atoms with Crippen molar-refractivity contribution < 1.29 is 17.9 Å². The standard InChI is InChI=1S/C22H26N2O4S2/c1-28-19-13-10-15(14-21(19)30(26,27)24-16-11-12-16)22(25)23-18-8-4-5-9-20(18)29-17-6-2-3-7-17/h4-5,8-10,13-14,16-17,24H,2-3,6-7,11-12H2,1H3,(H,23,25). The number of sulfonamides is 1. The Labute approximate surface area is 181 Å². The van der Waals surface area contributed by atoms with Crippen LogP contribution < -0.4 is 14.8 Å². The van der Waals surface area contributed by atoms with Gasteiger partial charge in [-0.05, 0) is 56.0 Å². The van der Waals surface area contributed by atoms with E-state index in [1.165, 1.54) is 44.9 Å². The number of anilines is 1. The fourth-order valence-corrected chi connectivity index (χ4v) is 6.40. The highest BCUT2D eigenvalue weighted by Crippen LogP contribution is 2.38. The minimum atomic E-state index is -3.75. The first-order valence-electron chi connectivity index (χ1n) is 10.2. The van der Waals surface area contributed by atoms with E-state index in [-0.39, 0.29) is 28.2 Å². The van der Waals surface area contributed by atoms with Gasteiger partial charge in [-0.3, -0.25) is 4.79 Å². The first-order chi connectivity index (χ1) is 14.5. The number of ether oxygens (including phenoxy) is 1. The molecule has 2 saturated carbocycles. The molecule has 0 unspecified atom stereocenters. The SMILES string of the molecule is COc1ccc(C(=O)Nc2ccccc2SC2CCCC2)cc1S(=O)(=O)NC1CC1. The predicted molar refractivity (Wildman–Crippen MR) is 119 cm³/mol. The van der Waals surface area contributed by atoms with E-state index in [9.17, 15) is 13.2 Å². The number of methoxy groups -OCH3 is 1. The summed E-state index contributed by atoms with van der Waals surface area (Å²) in [5, 5.41) is 3.53. The van der Waals surface area contributed by atoms with Crippen LogP contribution in [-0.4, -0.2) is 32.7 Å². The summed E-state index contributed by atoms with van der Waals surface area (Å²) < 4.78 is 33.3. The summed E-state index contributed by atoms with van der Waals surface area (Å²) in [6.07, 6.45) is 6.56. The molecule has 0 spiro atoms. The number of benzene rings is 2. The first kappa shape index (κ1) is 21.2. The molecule has 2 aromatic carbocycles. The zero-order chi connectivity index (χ0) is 21.1. The van der Waals surface area contributed by atoms with Crippen LogP contribution in [0.3, 0.4) is 0 Å². The molecule has 2 aromatic rings. The molecule has 0 atom stereocenters.